The number of rotatable bonds is 8. The lowest BCUT2D eigenvalue weighted by molar-refractivity contribution is -0.119. The van der Waals surface area contributed by atoms with E-state index in [2.05, 4.69) is 37.2 Å². The molecule has 2 aromatic carbocycles. The Bertz CT molecular complexity index is 885. The van der Waals surface area contributed by atoms with Crippen molar-refractivity contribution in [3.8, 4) is 17.2 Å². The second-order valence-electron chi connectivity index (χ2n) is 5.74. The molecular formula is C20H21Br2NO6. The minimum absolute atomic E-state index is 0.112. The molecule has 29 heavy (non-hydrogen) atoms. The van der Waals surface area contributed by atoms with Crippen molar-refractivity contribution in [2.24, 2.45) is 0 Å². The molecule has 0 saturated carbocycles. The average molecular weight is 531 g/mol. The summed E-state index contributed by atoms with van der Waals surface area (Å²) in [7, 11) is 4.32. The number of halogens is 2. The molecule has 0 aliphatic carbocycles. The highest BCUT2D eigenvalue weighted by Crippen LogP contribution is 2.50. The molecule has 0 aliphatic heterocycles. The number of para-hydroxylation sites is 1. The molecular weight excluding hydrogens is 510 g/mol. The number of carbonyl (C=O) groups excluding carboxylic acids is 2. The maximum atomic E-state index is 12.7. The van der Waals surface area contributed by atoms with Gasteiger partial charge >= 0.3 is 5.97 Å². The van der Waals surface area contributed by atoms with Crippen molar-refractivity contribution in [1.82, 2.24) is 0 Å². The predicted octanol–water partition coefficient (Wildman–Crippen LogP) is 4.60. The van der Waals surface area contributed by atoms with Gasteiger partial charge < -0.3 is 24.3 Å². The van der Waals surface area contributed by atoms with E-state index in [1.807, 2.05) is 25.1 Å². The lowest BCUT2D eigenvalue weighted by Crippen LogP contribution is -2.22. The molecule has 0 bridgehead atoms. The number of methoxy groups -OCH3 is 3. The van der Waals surface area contributed by atoms with E-state index in [1.165, 1.54) is 21.3 Å². The Morgan fingerprint density at radius 3 is 2.00 bits per heavy atom. The summed E-state index contributed by atoms with van der Waals surface area (Å²) in [4.78, 5) is 24.9. The first kappa shape index (κ1) is 23.0. The third kappa shape index (κ3) is 5.02. The topological polar surface area (TPSA) is 83.1 Å². The molecule has 0 heterocycles. The van der Waals surface area contributed by atoms with Crippen molar-refractivity contribution in [3.63, 3.8) is 0 Å². The van der Waals surface area contributed by atoms with Crippen molar-refractivity contribution in [2.45, 2.75) is 13.3 Å². The van der Waals surface area contributed by atoms with Gasteiger partial charge in [-0.15, -0.1) is 0 Å². The van der Waals surface area contributed by atoms with Crippen LogP contribution in [0.4, 0.5) is 5.69 Å². The maximum Gasteiger partial charge on any atom is 0.341 e. The van der Waals surface area contributed by atoms with E-state index in [-0.39, 0.29) is 17.1 Å². The molecule has 0 fully saturated rings. The summed E-state index contributed by atoms with van der Waals surface area (Å²) in [5.74, 6) is -0.346. The summed E-state index contributed by atoms with van der Waals surface area (Å²) in [6.45, 7) is 1.54. The number of carbonyl (C=O) groups is 2. The number of nitrogens with one attached hydrogen (secondary N) is 1. The van der Waals surface area contributed by atoms with E-state index in [4.69, 9.17) is 18.9 Å². The second-order valence-corrected chi connectivity index (χ2v) is 7.32. The van der Waals surface area contributed by atoms with Crippen LogP contribution < -0.4 is 19.5 Å². The van der Waals surface area contributed by atoms with Gasteiger partial charge in [-0.3, -0.25) is 4.79 Å². The molecule has 0 atom stereocenters. The SMILES string of the molecule is CCc1ccccc1NC(=O)COC(=O)c1c(Br)c(OC)c(OC)c(OC)c1Br. The van der Waals surface area contributed by atoms with E-state index >= 15 is 0 Å². The Balaban J connectivity index is 2.21. The summed E-state index contributed by atoms with van der Waals surface area (Å²) >= 11 is 6.67. The second kappa shape index (κ2) is 10.5. The quantitative estimate of drug-likeness (QED) is 0.502. The lowest BCUT2D eigenvalue weighted by Gasteiger charge is -2.18. The first-order chi connectivity index (χ1) is 13.9. The van der Waals surface area contributed by atoms with Crippen LogP contribution in [-0.2, 0) is 16.0 Å². The highest BCUT2D eigenvalue weighted by Gasteiger charge is 2.29. The Morgan fingerprint density at radius 2 is 1.48 bits per heavy atom. The summed E-state index contributed by atoms with van der Waals surface area (Å²) in [5, 5.41) is 2.75. The average Bonchev–Trinajstić information content (AvgIpc) is 2.72. The van der Waals surface area contributed by atoms with Crippen LogP contribution in [0.3, 0.4) is 0 Å². The molecule has 9 heteroatoms. The van der Waals surface area contributed by atoms with Crippen LogP contribution in [0.25, 0.3) is 0 Å². The summed E-state index contributed by atoms with van der Waals surface area (Å²) in [6.07, 6.45) is 0.765. The van der Waals surface area contributed by atoms with Crippen LogP contribution >= 0.6 is 31.9 Å². The minimum Gasteiger partial charge on any atom is -0.492 e. The molecule has 7 nitrogen and oxygen atoms in total. The van der Waals surface area contributed by atoms with Gasteiger partial charge in [-0.1, -0.05) is 25.1 Å². The van der Waals surface area contributed by atoms with Gasteiger partial charge in [0.15, 0.2) is 18.1 Å². The summed E-state index contributed by atoms with van der Waals surface area (Å²) in [5.41, 5.74) is 1.79. The van der Waals surface area contributed by atoms with Gasteiger partial charge in [0, 0.05) is 5.69 Å². The fourth-order valence-corrected chi connectivity index (χ4v) is 4.37. The number of amides is 1. The van der Waals surface area contributed by atoms with Gasteiger partial charge in [-0.05, 0) is 49.9 Å². The fraction of sp³-hybridized carbons (Fsp3) is 0.300. The molecule has 2 aromatic rings. The molecule has 0 unspecified atom stereocenters. The van der Waals surface area contributed by atoms with E-state index in [1.54, 1.807) is 6.07 Å². The number of hydrogen-bond acceptors (Lipinski definition) is 6. The number of ether oxygens (including phenoxy) is 4. The number of hydrogen-bond donors (Lipinski definition) is 1. The fourth-order valence-electron chi connectivity index (χ4n) is 2.70. The van der Waals surface area contributed by atoms with Crippen LogP contribution in [0.1, 0.15) is 22.8 Å². The summed E-state index contributed by atoms with van der Waals surface area (Å²) < 4.78 is 21.8. The van der Waals surface area contributed by atoms with Crippen LogP contribution in [0.2, 0.25) is 0 Å². The molecule has 2 rings (SSSR count). The van der Waals surface area contributed by atoms with Gasteiger partial charge in [-0.2, -0.15) is 0 Å². The molecule has 0 aliphatic rings. The van der Waals surface area contributed by atoms with Gasteiger partial charge in [0.25, 0.3) is 5.91 Å². The Kier molecular flexibility index (Phi) is 8.33. The first-order valence-corrected chi connectivity index (χ1v) is 10.2. The van der Waals surface area contributed by atoms with Crippen molar-refractivity contribution >= 4 is 49.4 Å². The highest BCUT2D eigenvalue weighted by molar-refractivity contribution is 9.11. The largest absolute Gasteiger partial charge is 0.492 e. The van der Waals surface area contributed by atoms with E-state index in [0.717, 1.165) is 12.0 Å². The van der Waals surface area contributed by atoms with Gasteiger partial charge in [0.05, 0.1) is 35.8 Å². The third-order valence-corrected chi connectivity index (χ3v) is 5.59. The van der Waals surface area contributed by atoms with Gasteiger partial charge in [0.1, 0.15) is 0 Å². The van der Waals surface area contributed by atoms with Crippen molar-refractivity contribution < 1.29 is 28.5 Å². The van der Waals surface area contributed by atoms with E-state index in [9.17, 15) is 9.59 Å². The van der Waals surface area contributed by atoms with Crippen molar-refractivity contribution in [2.75, 3.05) is 33.3 Å². The molecule has 0 saturated heterocycles. The van der Waals surface area contributed by atoms with E-state index in [0.29, 0.717) is 20.4 Å². The monoisotopic (exact) mass is 529 g/mol. The minimum atomic E-state index is -0.734. The van der Waals surface area contributed by atoms with Crippen LogP contribution in [0.5, 0.6) is 17.2 Å². The molecule has 156 valence electrons. The van der Waals surface area contributed by atoms with Gasteiger partial charge in [-0.25, -0.2) is 4.79 Å². The first-order valence-electron chi connectivity index (χ1n) is 8.61. The van der Waals surface area contributed by atoms with E-state index < -0.39 is 18.5 Å². The molecule has 0 aromatic heterocycles. The van der Waals surface area contributed by atoms with Crippen LogP contribution in [0.15, 0.2) is 33.2 Å². The number of aryl methyl sites for hydroxylation is 1. The van der Waals surface area contributed by atoms with Crippen LogP contribution in [0, 0.1) is 0 Å². The third-order valence-electron chi connectivity index (χ3n) is 4.07. The number of esters is 1. The van der Waals surface area contributed by atoms with Crippen molar-refractivity contribution in [1.29, 1.82) is 0 Å². The molecule has 1 N–H and O–H groups in total. The number of anilines is 1. The number of benzene rings is 2. The maximum absolute atomic E-state index is 12.7. The Morgan fingerprint density at radius 1 is 0.931 bits per heavy atom. The predicted molar refractivity (Wildman–Crippen MR) is 116 cm³/mol. The lowest BCUT2D eigenvalue weighted by atomic mass is 10.1. The molecule has 0 spiro atoms. The highest BCUT2D eigenvalue weighted by atomic mass is 79.9. The van der Waals surface area contributed by atoms with Gasteiger partial charge in [0.2, 0.25) is 5.75 Å². The Labute approximate surface area is 185 Å². The zero-order valence-electron chi connectivity index (χ0n) is 16.4. The normalized spacial score (nSPS) is 10.3. The zero-order chi connectivity index (χ0) is 21.6. The zero-order valence-corrected chi connectivity index (χ0v) is 19.6. The Hall–Kier alpha value is -2.26. The van der Waals surface area contributed by atoms with Crippen LogP contribution in [-0.4, -0.2) is 39.8 Å². The smallest absolute Gasteiger partial charge is 0.341 e. The molecule has 1 amide bonds. The summed E-state index contributed by atoms with van der Waals surface area (Å²) in [6, 6.07) is 7.44. The molecule has 0 radical (unpaired) electrons. The van der Waals surface area contributed by atoms with Crippen molar-refractivity contribution in [3.05, 3.63) is 44.3 Å². The standard InChI is InChI=1S/C20H21Br2NO6/c1-5-11-8-6-7-9-12(11)23-13(24)10-29-20(25)14-15(21)17(26-2)19(28-4)18(27-3)16(14)22/h6-9H,5,10H2,1-4H3,(H,23,24).